The molecule has 2 amide bonds. The lowest BCUT2D eigenvalue weighted by Crippen LogP contribution is -2.42. The van der Waals surface area contributed by atoms with Crippen molar-refractivity contribution in [3.8, 4) is 11.5 Å². The van der Waals surface area contributed by atoms with Crippen LogP contribution in [0.25, 0.3) is 0 Å². The van der Waals surface area contributed by atoms with Gasteiger partial charge in [0.1, 0.15) is 5.82 Å². The second-order valence-corrected chi connectivity index (χ2v) is 7.31. The van der Waals surface area contributed by atoms with Crippen molar-refractivity contribution in [1.82, 2.24) is 9.88 Å². The highest BCUT2D eigenvalue weighted by atomic mass is 35.5. The first-order chi connectivity index (χ1) is 14.0. The minimum absolute atomic E-state index is 0.0374. The van der Waals surface area contributed by atoms with E-state index in [4.69, 9.17) is 21.1 Å². The molecule has 7 nitrogen and oxygen atoms in total. The van der Waals surface area contributed by atoms with E-state index in [1.807, 2.05) is 12.1 Å². The fraction of sp³-hybridized carbons (Fsp3) is 0.381. The van der Waals surface area contributed by atoms with Crippen LogP contribution in [0.15, 0.2) is 36.5 Å². The number of amides is 2. The number of rotatable bonds is 6. The quantitative estimate of drug-likeness (QED) is 0.780. The van der Waals surface area contributed by atoms with Crippen LogP contribution < -0.4 is 14.8 Å². The minimum Gasteiger partial charge on any atom is -0.493 e. The molecule has 1 aromatic heterocycles. The summed E-state index contributed by atoms with van der Waals surface area (Å²) in [7, 11) is 3.14. The van der Waals surface area contributed by atoms with Gasteiger partial charge in [0.15, 0.2) is 11.5 Å². The number of pyridine rings is 1. The molecule has 0 bridgehead atoms. The number of methoxy groups -OCH3 is 2. The summed E-state index contributed by atoms with van der Waals surface area (Å²) in [5.41, 5.74) is 0.862. The average molecular weight is 418 g/mol. The lowest BCUT2D eigenvalue weighted by molar-refractivity contribution is -0.133. The molecule has 8 heteroatoms. The Hall–Kier alpha value is -2.80. The maximum absolute atomic E-state index is 12.7. The van der Waals surface area contributed by atoms with Crippen LogP contribution in [0, 0.1) is 5.92 Å². The number of ether oxygens (including phenoxy) is 2. The van der Waals surface area contributed by atoms with Gasteiger partial charge in [-0.2, -0.15) is 0 Å². The molecule has 0 saturated carbocycles. The smallest absolute Gasteiger partial charge is 0.228 e. The Labute approximate surface area is 175 Å². The van der Waals surface area contributed by atoms with Crippen LogP contribution in [0.5, 0.6) is 11.5 Å². The summed E-state index contributed by atoms with van der Waals surface area (Å²) >= 11 is 5.81. The van der Waals surface area contributed by atoms with Crippen molar-refractivity contribution in [2.45, 2.75) is 19.3 Å². The number of likely N-dealkylation sites (tertiary alicyclic amines) is 1. The molecule has 154 valence electrons. The van der Waals surface area contributed by atoms with Crippen molar-refractivity contribution < 1.29 is 19.1 Å². The third-order valence-electron chi connectivity index (χ3n) is 5.00. The molecule has 0 spiro atoms. The number of nitrogens with one attached hydrogen (secondary N) is 1. The highest BCUT2D eigenvalue weighted by molar-refractivity contribution is 6.30. The van der Waals surface area contributed by atoms with Gasteiger partial charge in [0.25, 0.3) is 0 Å². The second-order valence-electron chi connectivity index (χ2n) is 6.87. The number of carbonyl (C=O) groups excluding carboxylic acids is 2. The van der Waals surface area contributed by atoms with Gasteiger partial charge in [-0.3, -0.25) is 9.59 Å². The fourth-order valence-corrected chi connectivity index (χ4v) is 3.46. The number of piperidine rings is 1. The summed E-state index contributed by atoms with van der Waals surface area (Å²) < 4.78 is 10.5. The molecule has 0 radical (unpaired) electrons. The molecule has 0 aliphatic carbocycles. The topological polar surface area (TPSA) is 80.8 Å². The molecule has 2 heterocycles. The van der Waals surface area contributed by atoms with Crippen LogP contribution in [0.1, 0.15) is 18.4 Å². The number of aromatic nitrogens is 1. The fourth-order valence-electron chi connectivity index (χ4n) is 3.35. The number of benzene rings is 1. The Morgan fingerprint density at radius 1 is 1.14 bits per heavy atom. The highest BCUT2D eigenvalue weighted by Gasteiger charge is 2.27. The van der Waals surface area contributed by atoms with E-state index < -0.39 is 0 Å². The summed E-state index contributed by atoms with van der Waals surface area (Å²) in [4.78, 5) is 31.0. The van der Waals surface area contributed by atoms with Gasteiger partial charge < -0.3 is 19.7 Å². The minimum atomic E-state index is -0.141. The van der Waals surface area contributed by atoms with E-state index >= 15 is 0 Å². The first kappa shape index (κ1) is 20.9. The molecule has 2 aromatic rings. The van der Waals surface area contributed by atoms with Crippen molar-refractivity contribution in [3.63, 3.8) is 0 Å². The number of carbonyl (C=O) groups is 2. The van der Waals surface area contributed by atoms with Gasteiger partial charge in [0, 0.05) is 25.2 Å². The monoisotopic (exact) mass is 417 g/mol. The van der Waals surface area contributed by atoms with Gasteiger partial charge in [-0.25, -0.2) is 4.98 Å². The zero-order chi connectivity index (χ0) is 20.8. The highest BCUT2D eigenvalue weighted by Crippen LogP contribution is 2.28. The van der Waals surface area contributed by atoms with Gasteiger partial charge >= 0.3 is 0 Å². The Bertz CT molecular complexity index is 865. The van der Waals surface area contributed by atoms with Gasteiger partial charge in [0.05, 0.1) is 25.7 Å². The lowest BCUT2D eigenvalue weighted by Gasteiger charge is -2.31. The van der Waals surface area contributed by atoms with Crippen LogP contribution in [-0.4, -0.2) is 49.0 Å². The number of hydrogen-bond acceptors (Lipinski definition) is 5. The maximum Gasteiger partial charge on any atom is 0.228 e. The number of halogens is 1. The van der Waals surface area contributed by atoms with E-state index in [1.54, 1.807) is 37.3 Å². The zero-order valence-electron chi connectivity index (χ0n) is 16.5. The molecule has 1 aromatic carbocycles. The van der Waals surface area contributed by atoms with E-state index in [0.29, 0.717) is 48.3 Å². The number of hydrogen-bond donors (Lipinski definition) is 1. The van der Waals surface area contributed by atoms with Crippen molar-refractivity contribution >= 4 is 29.2 Å². The predicted octanol–water partition coefficient (Wildman–Crippen LogP) is 3.17. The van der Waals surface area contributed by atoms with Gasteiger partial charge in [-0.05, 0) is 42.7 Å². The Kier molecular flexibility index (Phi) is 6.93. The van der Waals surface area contributed by atoms with Crippen molar-refractivity contribution in [1.29, 1.82) is 0 Å². The summed E-state index contributed by atoms with van der Waals surface area (Å²) in [5, 5.41) is 3.33. The summed E-state index contributed by atoms with van der Waals surface area (Å²) in [6.07, 6.45) is 3.02. The standard InChI is InChI=1S/C21H24ClN3O4/c1-28-17-5-3-14(11-18(17)29-2)12-20(26)25-9-7-15(8-10-25)21(27)24-19-6-4-16(22)13-23-19/h3-6,11,13,15H,7-10,12H2,1-2H3,(H,23,24,27). The third-order valence-corrected chi connectivity index (χ3v) is 5.22. The first-order valence-electron chi connectivity index (χ1n) is 9.41. The SMILES string of the molecule is COc1ccc(CC(=O)N2CCC(C(=O)Nc3ccc(Cl)cn3)CC2)cc1OC. The van der Waals surface area contributed by atoms with Gasteiger partial charge in [-0.15, -0.1) is 0 Å². The molecule has 29 heavy (non-hydrogen) atoms. The molecule has 1 aliphatic heterocycles. The number of anilines is 1. The Morgan fingerprint density at radius 3 is 2.48 bits per heavy atom. The van der Waals surface area contributed by atoms with Crippen LogP contribution in [0.4, 0.5) is 5.82 Å². The van der Waals surface area contributed by atoms with E-state index in [0.717, 1.165) is 5.56 Å². The van der Waals surface area contributed by atoms with Crippen LogP contribution >= 0.6 is 11.6 Å². The zero-order valence-corrected chi connectivity index (χ0v) is 17.2. The lowest BCUT2D eigenvalue weighted by atomic mass is 9.95. The summed E-state index contributed by atoms with van der Waals surface area (Å²) in [5.74, 6) is 1.53. The van der Waals surface area contributed by atoms with E-state index in [-0.39, 0.29) is 24.2 Å². The predicted molar refractivity (Wildman–Crippen MR) is 110 cm³/mol. The molecule has 3 rings (SSSR count). The Balaban J connectivity index is 1.51. The number of nitrogens with zero attached hydrogens (tertiary/aromatic N) is 2. The van der Waals surface area contributed by atoms with Gasteiger partial charge in [-0.1, -0.05) is 17.7 Å². The molecule has 0 unspecified atom stereocenters. The van der Waals surface area contributed by atoms with Gasteiger partial charge in [0.2, 0.25) is 11.8 Å². The van der Waals surface area contributed by atoms with E-state index in [9.17, 15) is 9.59 Å². The molecular weight excluding hydrogens is 394 g/mol. The second kappa shape index (κ2) is 9.60. The van der Waals surface area contributed by atoms with Crippen LogP contribution in [-0.2, 0) is 16.0 Å². The molecule has 1 N–H and O–H groups in total. The molecule has 1 fully saturated rings. The van der Waals surface area contributed by atoms with Crippen LogP contribution in [0.3, 0.4) is 0 Å². The van der Waals surface area contributed by atoms with Crippen molar-refractivity contribution in [2.24, 2.45) is 5.92 Å². The Morgan fingerprint density at radius 2 is 1.86 bits per heavy atom. The summed E-state index contributed by atoms with van der Waals surface area (Å²) in [6, 6.07) is 8.82. The molecule has 1 saturated heterocycles. The molecule has 0 atom stereocenters. The summed E-state index contributed by atoms with van der Waals surface area (Å²) in [6.45, 7) is 1.11. The van der Waals surface area contributed by atoms with Crippen molar-refractivity contribution in [2.75, 3.05) is 32.6 Å². The van der Waals surface area contributed by atoms with E-state index in [2.05, 4.69) is 10.3 Å². The van der Waals surface area contributed by atoms with E-state index in [1.165, 1.54) is 6.20 Å². The molecular formula is C21H24ClN3O4. The average Bonchev–Trinajstić information content (AvgIpc) is 2.75. The van der Waals surface area contributed by atoms with Crippen LogP contribution in [0.2, 0.25) is 5.02 Å². The largest absolute Gasteiger partial charge is 0.493 e. The molecule has 1 aliphatic rings. The van der Waals surface area contributed by atoms with Crippen molar-refractivity contribution in [3.05, 3.63) is 47.1 Å². The first-order valence-corrected chi connectivity index (χ1v) is 9.79. The maximum atomic E-state index is 12.7. The third kappa shape index (κ3) is 5.38. The normalized spacial score (nSPS) is 14.4.